The molecule has 1 aromatic rings. The number of rotatable bonds is 5. The molecule has 8 heteroatoms. The van der Waals surface area contributed by atoms with Gasteiger partial charge in [-0.3, -0.25) is 0 Å². The van der Waals surface area contributed by atoms with Gasteiger partial charge >= 0.3 is 5.97 Å². The lowest BCUT2D eigenvalue weighted by Gasteiger charge is -2.11. The minimum Gasteiger partial charge on any atom is -0.459 e. The van der Waals surface area contributed by atoms with E-state index in [1.807, 2.05) is 0 Å². The molecule has 1 saturated heterocycles. The first-order chi connectivity index (χ1) is 9.94. The van der Waals surface area contributed by atoms with E-state index in [1.165, 1.54) is 7.05 Å². The highest BCUT2D eigenvalue weighted by Crippen LogP contribution is 2.17. The van der Waals surface area contributed by atoms with Crippen LogP contribution >= 0.6 is 0 Å². The zero-order valence-electron chi connectivity index (χ0n) is 11.5. The second-order valence-corrected chi connectivity index (χ2v) is 6.47. The summed E-state index contributed by atoms with van der Waals surface area (Å²) in [6.45, 7) is 0.647. The Morgan fingerprint density at radius 1 is 1.52 bits per heavy atom. The van der Waals surface area contributed by atoms with E-state index in [0.29, 0.717) is 6.61 Å². The Hall–Kier alpha value is -1.51. The van der Waals surface area contributed by atoms with Crippen molar-refractivity contribution in [3.05, 3.63) is 29.6 Å². The summed E-state index contributed by atoms with van der Waals surface area (Å²) in [6, 6.07) is 2.96. The van der Waals surface area contributed by atoms with E-state index in [4.69, 9.17) is 9.47 Å². The highest BCUT2D eigenvalue weighted by atomic mass is 32.2. The lowest BCUT2D eigenvalue weighted by atomic mass is 10.2. The van der Waals surface area contributed by atoms with Crippen LogP contribution in [-0.2, 0) is 19.5 Å². The summed E-state index contributed by atoms with van der Waals surface area (Å²) in [5, 5.41) is 0. The van der Waals surface area contributed by atoms with Crippen LogP contribution in [-0.4, -0.2) is 40.8 Å². The maximum Gasteiger partial charge on any atom is 0.341 e. The van der Waals surface area contributed by atoms with E-state index in [-0.39, 0.29) is 17.6 Å². The van der Waals surface area contributed by atoms with E-state index in [0.717, 1.165) is 31.0 Å². The number of carbonyl (C=O) groups is 1. The molecule has 1 aliphatic rings. The van der Waals surface area contributed by atoms with Crippen molar-refractivity contribution in [3.8, 4) is 0 Å². The molecule has 21 heavy (non-hydrogen) atoms. The lowest BCUT2D eigenvalue weighted by molar-refractivity contribution is 0.0157. The van der Waals surface area contributed by atoms with Crippen molar-refractivity contribution in [3.63, 3.8) is 0 Å². The zero-order chi connectivity index (χ0) is 15.5. The van der Waals surface area contributed by atoms with Gasteiger partial charge in [0.25, 0.3) is 0 Å². The van der Waals surface area contributed by atoms with Gasteiger partial charge in [-0.2, -0.15) is 0 Å². The van der Waals surface area contributed by atoms with Gasteiger partial charge in [0.2, 0.25) is 10.0 Å². The summed E-state index contributed by atoms with van der Waals surface area (Å²) >= 11 is 0. The van der Waals surface area contributed by atoms with Gasteiger partial charge < -0.3 is 9.47 Å². The molecule has 0 aliphatic carbocycles. The van der Waals surface area contributed by atoms with Gasteiger partial charge in [-0.15, -0.1) is 0 Å². The topological polar surface area (TPSA) is 81.7 Å². The van der Waals surface area contributed by atoms with Gasteiger partial charge in [-0.05, 0) is 38.1 Å². The minimum atomic E-state index is -3.75. The van der Waals surface area contributed by atoms with E-state index in [1.54, 1.807) is 0 Å². The van der Waals surface area contributed by atoms with Crippen LogP contribution in [0.3, 0.4) is 0 Å². The maximum atomic E-state index is 13.7. The van der Waals surface area contributed by atoms with Crippen LogP contribution in [0.5, 0.6) is 0 Å². The Bertz CT molecular complexity index is 625. The van der Waals surface area contributed by atoms with Crippen molar-refractivity contribution in [1.82, 2.24) is 4.72 Å². The minimum absolute atomic E-state index is 0.0290. The molecule has 1 atom stereocenters. The molecule has 0 radical (unpaired) electrons. The Balaban J connectivity index is 2.14. The van der Waals surface area contributed by atoms with E-state index < -0.39 is 27.4 Å². The highest BCUT2D eigenvalue weighted by molar-refractivity contribution is 7.89. The number of esters is 1. The summed E-state index contributed by atoms with van der Waals surface area (Å²) < 4.78 is 49.3. The second-order valence-electron chi connectivity index (χ2n) is 4.58. The Morgan fingerprint density at radius 3 is 2.90 bits per heavy atom. The van der Waals surface area contributed by atoms with Crippen molar-refractivity contribution in [2.24, 2.45) is 0 Å². The number of sulfonamides is 1. The molecule has 1 aromatic carbocycles. The van der Waals surface area contributed by atoms with Crippen LogP contribution in [0.1, 0.15) is 23.2 Å². The van der Waals surface area contributed by atoms with Crippen LogP contribution in [0.15, 0.2) is 23.1 Å². The Kier molecular flexibility index (Phi) is 4.92. The van der Waals surface area contributed by atoms with Crippen molar-refractivity contribution in [2.75, 3.05) is 20.3 Å². The third kappa shape index (κ3) is 3.78. The molecule has 116 valence electrons. The van der Waals surface area contributed by atoms with Gasteiger partial charge in [0.15, 0.2) is 0 Å². The molecule has 1 fully saturated rings. The zero-order valence-corrected chi connectivity index (χ0v) is 12.3. The number of hydrogen-bond donors (Lipinski definition) is 1. The number of ether oxygens (including phenoxy) is 2. The molecule has 0 bridgehead atoms. The van der Waals surface area contributed by atoms with Crippen molar-refractivity contribution in [1.29, 1.82) is 0 Å². The molecular formula is C13H16FNO5S. The average molecular weight is 317 g/mol. The van der Waals surface area contributed by atoms with E-state index in [2.05, 4.69) is 4.72 Å². The Morgan fingerprint density at radius 2 is 2.29 bits per heavy atom. The van der Waals surface area contributed by atoms with Crippen molar-refractivity contribution in [2.45, 2.75) is 23.8 Å². The van der Waals surface area contributed by atoms with Crippen LogP contribution in [0.2, 0.25) is 0 Å². The van der Waals surface area contributed by atoms with E-state index >= 15 is 0 Å². The summed E-state index contributed by atoms with van der Waals surface area (Å²) in [4.78, 5) is 11.7. The molecule has 1 aliphatic heterocycles. The second kappa shape index (κ2) is 6.50. The van der Waals surface area contributed by atoms with Crippen molar-refractivity contribution < 1.29 is 27.1 Å². The maximum absolute atomic E-state index is 13.7. The van der Waals surface area contributed by atoms with Gasteiger partial charge in [-0.25, -0.2) is 22.3 Å². The molecule has 0 spiro atoms. The van der Waals surface area contributed by atoms with E-state index in [9.17, 15) is 17.6 Å². The fourth-order valence-corrected chi connectivity index (χ4v) is 2.72. The first kappa shape index (κ1) is 15.9. The number of halogens is 1. The SMILES string of the molecule is CNS(=O)(=O)c1ccc(F)c(C(=O)OC[C@H]2CCCO2)c1. The molecule has 0 aromatic heterocycles. The van der Waals surface area contributed by atoms with Crippen LogP contribution < -0.4 is 4.72 Å². The normalized spacial score (nSPS) is 18.7. The number of nitrogens with one attached hydrogen (secondary N) is 1. The monoisotopic (exact) mass is 317 g/mol. The number of hydrogen-bond acceptors (Lipinski definition) is 5. The molecule has 0 amide bonds. The molecule has 0 saturated carbocycles. The predicted octanol–water partition coefficient (Wildman–Crippen LogP) is 1.07. The largest absolute Gasteiger partial charge is 0.459 e. The van der Waals surface area contributed by atoms with Gasteiger partial charge in [0, 0.05) is 6.61 Å². The quantitative estimate of drug-likeness (QED) is 0.822. The molecule has 1 N–H and O–H groups in total. The summed E-state index contributed by atoms with van der Waals surface area (Å²) in [7, 11) is -2.52. The number of carbonyl (C=O) groups excluding carboxylic acids is 1. The molecular weight excluding hydrogens is 301 g/mol. The predicted molar refractivity (Wildman–Crippen MR) is 71.9 cm³/mol. The molecule has 6 nitrogen and oxygen atoms in total. The summed E-state index contributed by atoms with van der Waals surface area (Å²) in [5.41, 5.74) is -0.413. The summed E-state index contributed by atoms with van der Waals surface area (Å²) in [6.07, 6.45) is 1.50. The Labute approximate surface area is 122 Å². The standard InChI is InChI=1S/C13H16FNO5S/c1-15-21(17,18)10-4-5-12(14)11(7-10)13(16)20-8-9-3-2-6-19-9/h4-5,7,9,15H,2-3,6,8H2,1H3/t9-/m1/s1. The molecule has 1 heterocycles. The summed E-state index contributed by atoms with van der Waals surface area (Å²) in [5.74, 6) is -1.74. The molecule has 0 unspecified atom stereocenters. The van der Waals surface area contributed by atoms with Crippen molar-refractivity contribution >= 4 is 16.0 Å². The average Bonchev–Trinajstić information content (AvgIpc) is 2.98. The lowest BCUT2D eigenvalue weighted by Crippen LogP contribution is -2.21. The fourth-order valence-electron chi connectivity index (χ4n) is 1.97. The van der Waals surface area contributed by atoms with Crippen LogP contribution in [0.4, 0.5) is 4.39 Å². The third-order valence-corrected chi connectivity index (χ3v) is 4.57. The van der Waals surface area contributed by atoms with Gasteiger partial charge in [0.1, 0.15) is 12.4 Å². The highest BCUT2D eigenvalue weighted by Gasteiger charge is 2.22. The van der Waals surface area contributed by atoms with Crippen LogP contribution in [0.25, 0.3) is 0 Å². The number of benzene rings is 1. The molecule has 2 rings (SSSR count). The van der Waals surface area contributed by atoms with Gasteiger partial charge in [-0.1, -0.05) is 0 Å². The first-order valence-corrected chi connectivity index (χ1v) is 7.94. The third-order valence-electron chi connectivity index (χ3n) is 3.16. The van der Waals surface area contributed by atoms with Gasteiger partial charge in [0.05, 0.1) is 16.6 Å². The smallest absolute Gasteiger partial charge is 0.341 e. The fraction of sp³-hybridized carbons (Fsp3) is 0.462. The van der Waals surface area contributed by atoms with Crippen LogP contribution in [0, 0.1) is 5.82 Å². The first-order valence-electron chi connectivity index (χ1n) is 6.46.